The molecule has 0 aliphatic carbocycles. The van der Waals surface area contributed by atoms with Crippen molar-refractivity contribution in [2.75, 3.05) is 6.54 Å². The average molecular weight is 158 g/mol. The van der Waals surface area contributed by atoms with Crippen LogP contribution < -0.4 is 11.5 Å². The molecule has 66 valence electrons. The van der Waals surface area contributed by atoms with Crippen molar-refractivity contribution in [3.8, 4) is 0 Å². The fourth-order valence-corrected chi connectivity index (χ4v) is 0.932. The van der Waals surface area contributed by atoms with Crippen LogP contribution in [0.1, 0.15) is 32.6 Å². The Morgan fingerprint density at radius 3 is 2.55 bits per heavy atom. The van der Waals surface area contributed by atoms with Gasteiger partial charge in [-0.3, -0.25) is 4.79 Å². The van der Waals surface area contributed by atoms with Crippen molar-refractivity contribution in [2.24, 2.45) is 11.5 Å². The predicted molar refractivity (Wildman–Crippen MR) is 46.2 cm³/mol. The zero-order chi connectivity index (χ0) is 8.69. The van der Waals surface area contributed by atoms with Crippen LogP contribution in [0.3, 0.4) is 0 Å². The average Bonchev–Trinajstić information content (AvgIpc) is 2.03. The summed E-state index contributed by atoms with van der Waals surface area (Å²) >= 11 is 0. The molecule has 0 rings (SSSR count). The Labute approximate surface area is 68.1 Å². The van der Waals surface area contributed by atoms with Gasteiger partial charge in [-0.15, -0.1) is 0 Å². The van der Waals surface area contributed by atoms with Gasteiger partial charge in [-0.25, -0.2) is 0 Å². The molecular formula is C8H18N2O. The van der Waals surface area contributed by atoms with Crippen LogP contribution >= 0.6 is 0 Å². The van der Waals surface area contributed by atoms with E-state index in [2.05, 4.69) is 0 Å². The van der Waals surface area contributed by atoms with Crippen LogP contribution in [0.15, 0.2) is 0 Å². The summed E-state index contributed by atoms with van der Waals surface area (Å²) in [4.78, 5) is 10.9. The molecular weight excluding hydrogens is 140 g/mol. The molecule has 3 heteroatoms. The first-order valence-corrected chi connectivity index (χ1v) is 4.20. The van der Waals surface area contributed by atoms with Crippen molar-refractivity contribution >= 4 is 5.78 Å². The van der Waals surface area contributed by atoms with Crippen LogP contribution in [0.4, 0.5) is 0 Å². The molecule has 0 aromatic carbocycles. The highest BCUT2D eigenvalue weighted by Gasteiger charge is 2.09. The van der Waals surface area contributed by atoms with E-state index in [1.54, 1.807) is 0 Å². The van der Waals surface area contributed by atoms with Gasteiger partial charge in [-0.1, -0.05) is 13.3 Å². The summed E-state index contributed by atoms with van der Waals surface area (Å²) in [5.74, 6) is 0.155. The third-order valence-electron chi connectivity index (χ3n) is 1.73. The number of rotatable bonds is 6. The maximum atomic E-state index is 10.9. The summed E-state index contributed by atoms with van der Waals surface area (Å²) in [5, 5.41) is 0. The first kappa shape index (κ1) is 10.6. The number of nitrogens with two attached hydrogens (primary N) is 2. The molecule has 0 radical (unpaired) electrons. The van der Waals surface area contributed by atoms with Gasteiger partial charge in [0.25, 0.3) is 0 Å². The summed E-state index contributed by atoms with van der Waals surface area (Å²) in [7, 11) is 0. The van der Waals surface area contributed by atoms with E-state index in [1.165, 1.54) is 0 Å². The monoisotopic (exact) mass is 158 g/mol. The van der Waals surface area contributed by atoms with Gasteiger partial charge in [0.15, 0.2) is 0 Å². The van der Waals surface area contributed by atoms with Crippen LogP contribution in [0, 0.1) is 0 Å². The standard InChI is InChI=1S/C8H18N2O/c1-2-8(11)7(10)5-3-4-6-9/h7H,2-6,9-10H2,1H3. The molecule has 11 heavy (non-hydrogen) atoms. The van der Waals surface area contributed by atoms with Crippen molar-refractivity contribution < 1.29 is 4.79 Å². The molecule has 0 saturated carbocycles. The molecule has 0 bridgehead atoms. The number of ketones is 1. The Bertz CT molecular complexity index is 115. The summed E-state index contributed by atoms with van der Waals surface area (Å²) in [5.41, 5.74) is 10.9. The summed E-state index contributed by atoms with van der Waals surface area (Å²) < 4.78 is 0. The highest BCUT2D eigenvalue weighted by molar-refractivity contribution is 5.83. The van der Waals surface area contributed by atoms with Gasteiger partial charge in [0, 0.05) is 6.42 Å². The first-order valence-electron chi connectivity index (χ1n) is 4.20. The highest BCUT2D eigenvalue weighted by atomic mass is 16.1. The van der Waals surface area contributed by atoms with Crippen LogP contribution in [0.5, 0.6) is 0 Å². The van der Waals surface area contributed by atoms with Gasteiger partial charge in [-0.2, -0.15) is 0 Å². The second kappa shape index (κ2) is 6.31. The summed E-state index contributed by atoms with van der Waals surface area (Å²) in [6.45, 7) is 2.53. The van der Waals surface area contributed by atoms with Crippen molar-refractivity contribution in [2.45, 2.75) is 38.6 Å². The van der Waals surface area contributed by atoms with E-state index in [4.69, 9.17) is 11.5 Å². The van der Waals surface area contributed by atoms with Crippen LogP contribution in [-0.2, 0) is 4.79 Å². The lowest BCUT2D eigenvalue weighted by molar-refractivity contribution is -0.120. The van der Waals surface area contributed by atoms with E-state index < -0.39 is 0 Å². The van der Waals surface area contributed by atoms with Gasteiger partial charge in [0.05, 0.1) is 6.04 Å². The lowest BCUT2D eigenvalue weighted by Crippen LogP contribution is -2.29. The van der Waals surface area contributed by atoms with Crippen molar-refractivity contribution in [1.82, 2.24) is 0 Å². The number of Topliss-reactive ketones (excluding diaryl/α,β-unsaturated/α-hetero) is 1. The minimum absolute atomic E-state index is 0.155. The molecule has 1 atom stereocenters. The maximum Gasteiger partial charge on any atom is 0.149 e. The first-order chi connectivity index (χ1) is 5.22. The van der Waals surface area contributed by atoms with Crippen molar-refractivity contribution in [3.05, 3.63) is 0 Å². The fraction of sp³-hybridized carbons (Fsp3) is 0.875. The molecule has 0 aromatic rings. The van der Waals surface area contributed by atoms with Crippen molar-refractivity contribution in [3.63, 3.8) is 0 Å². The Balaban J connectivity index is 3.36. The molecule has 4 N–H and O–H groups in total. The molecule has 1 unspecified atom stereocenters. The predicted octanol–water partition coefficient (Wildman–Crippen LogP) is 0.422. The van der Waals surface area contributed by atoms with Gasteiger partial charge >= 0.3 is 0 Å². The largest absolute Gasteiger partial charge is 0.330 e. The molecule has 0 amide bonds. The number of carbonyl (C=O) groups excluding carboxylic acids is 1. The smallest absolute Gasteiger partial charge is 0.149 e. The molecule has 0 heterocycles. The van der Waals surface area contributed by atoms with Crippen LogP contribution in [0.2, 0.25) is 0 Å². The van der Waals surface area contributed by atoms with Gasteiger partial charge in [0.2, 0.25) is 0 Å². The van der Waals surface area contributed by atoms with E-state index in [1.807, 2.05) is 6.92 Å². The van der Waals surface area contributed by atoms with E-state index in [0.717, 1.165) is 19.3 Å². The molecule has 0 aromatic heterocycles. The number of hydrogen-bond donors (Lipinski definition) is 2. The maximum absolute atomic E-state index is 10.9. The quantitative estimate of drug-likeness (QED) is 0.550. The Morgan fingerprint density at radius 1 is 1.45 bits per heavy atom. The van der Waals surface area contributed by atoms with E-state index in [0.29, 0.717) is 13.0 Å². The number of hydrogen-bond acceptors (Lipinski definition) is 3. The number of carbonyl (C=O) groups is 1. The lowest BCUT2D eigenvalue weighted by atomic mass is 10.1. The lowest BCUT2D eigenvalue weighted by Gasteiger charge is -2.07. The second-order valence-corrected chi connectivity index (χ2v) is 2.71. The third-order valence-corrected chi connectivity index (χ3v) is 1.73. The number of unbranched alkanes of at least 4 members (excludes halogenated alkanes) is 1. The SMILES string of the molecule is CCC(=O)C(N)CCCCN. The molecule has 0 fully saturated rings. The van der Waals surface area contributed by atoms with Crippen LogP contribution in [0.25, 0.3) is 0 Å². The minimum Gasteiger partial charge on any atom is -0.330 e. The Morgan fingerprint density at radius 2 is 2.09 bits per heavy atom. The third kappa shape index (κ3) is 4.93. The molecule has 0 saturated heterocycles. The zero-order valence-corrected chi connectivity index (χ0v) is 7.18. The van der Waals surface area contributed by atoms with Crippen molar-refractivity contribution in [1.29, 1.82) is 0 Å². The summed E-state index contributed by atoms with van der Waals surface area (Å²) in [6, 6.07) is -0.258. The topological polar surface area (TPSA) is 69.1 Å². The fourth-order valence-electron chi connectivity index (χ4n) is 0.932. The molecule has 3 nitrogen and oxygen atoms in total. The normalized spacial score (nSPS) is 13.0. The van der Waals surface area contributed by atoms with Gasteiger partial charge < -0.3 is 11.5 Å². The molecule has 0 aliphatic heterocycles. The Hall–Kier alpha value is -0.410. The van der Waals surface area contributed by atoms with Crippen LogP contribution in [-0.4, -0.2) is 18.4 Å². The second-order valence-electron chi connectivity index (χ2n) is 2.71. The summed E-state index contributed by atoms with van der Waals surface area (Å²) in [6.07, 6.45) is 3.25. The highest BCUT2D eigenvalue weighted by Crippen LogP contribution is 2.00. The molecule has 0 aliphatic rings. The Kier molecular flexibility index (Phi) is 6.07. The molecule has 0 spiro atoms. The minimum atomic E-state index is -0.258. The van der Waals surface area contributed by atoms with E-state index >= 15 is 0 Å². The zero-order valence-electron chi connectivity index (χ0n) is 7.18. The van der Waals surface area contributed by atoms with E-state index in [-0.39, 0.29) is 11.8 Å². The van der Waals surface area contributed by atoms with E-state index in [9.17, 15) is 4.79 Å². The van der Waals surface area contributed by atoms with Gasteiger partial charge in [-0.05, 0) is 19.4 Å². The van der Waals surface area contributed by atoms with Gasteiger partial charge in [0.1, 0.15) is 5.78 Å².